The highest BCUT2D eigenvalue weighted by molar-refractivity contribution is 6.04. The molecule has 1 heterocycles. The first-order valence-electron chi connectivity index (χ1n) is 5.51. The minimum atomic E-state index is -1.13. The maximum absolute atomic E-state index is 11.9. The molecule has 0 aliphatic heterocycles. The number of imidazole rings is 1. The van der Waals surface area contributed by atoms with E-state index < -0.39 is 17.6 Å². The van der Waals surface area contributed by atoms with Crippen molar-refractivity contribution in [2.75, 3.05) is 12.4 Å². The quantitative estimate of drug-likeness (QED) is 0.653. The molecule has 1 aromatic carbocycles. The van der Waals surface area contributed by atoms with Crippen molar-refractivity contribution in [3.05, 3.63) is 46.1 Å². The number of ether oxygens (including phenoxy) is 1. The first kappa shape index (κ1) is 13.4. The molecule has 8 nitrogen and oxygen atoms in total. The topological polar surface area (TPSA) is 124 Å². The Labute approximate surface area is 112 Å². The van der Waals surface area contributed by atoms with Crippen molar-refractivity contribution in [1.29, 1.82) is 0 Å². The maximum Gasteiger partial charge on any atom is 0.335 e. The zero-order chi connectivity index (χ0) is 14.7. The predicted octanol–water partition coefficient (Wildman–Crippen LogP) is 0.662. The summed E-state index contributed by atoms with van der Waals surface area (Å²) >= 11 is 0. The number of carbonyl (C=O) groups excluding carboxylic acids is 1. The summed E-state index contributed by atoms with van der Waals surface area (Å²) in [7, 11) is 1.39. The molecule has 2 aromatic rings. The Morgan fingerprint density at radius 2 is 2.10 bits per heavy atom. The number of hydrogen-bond acceptors (Lipinski definition) is 4. The minimum Gasteiger partial charge on any atom is -0.495 e. The number of carbonyl (C=O) groups is 2. The Morgan fingerprint density at radius 1 is 1.35 bits per heavy atom. The molecule has 0 aliphatic carbocycles. The molecule has 0 unspecified atom stereocenters. The first-order chi connectivity index (χ1) is 9.51. The second-order valence-corrected chi connectivity index (χ2v) is 3.83. The van der Waals surface area contributed by atoms with Crippen LogP contribution < -0.4 is 15.7 Å². The smallest absolute Gasteiger partial charge is 0.335 e. The van der Waals surface area contributed by atoms with Crippen LogP contribution in [0, 0.1) is 0 Å². The van der Waals surface area contributed by atoms with Crippen molar-refractivity contribution in [1.82, 2.24) is 9.97 Å². The lowest BCUT2D eigenvalue weighted by Gasteiger charge is -2.10. The summed E-state index contributed by atoms with van der Waals surface area (Å²) in [6.07, 6.45) is 1.21. The van der Waals surface area contributed by atoms with E-state index >= 15 is 0 Å². The Morgan fingerprint density at radius 3 is 2.65 bits per heavy atom. The standard InChI is InChI=1S/C12H11N3O5/c1-20-9-3-2-6(11(17)18)4-7(9)14-10(16)8-5-13-12(19)15-8/h2-5H,1H3,(H,14,16)(H,17,18)(H2,13,15,19). The van der Waals surface area contributed by atoms with E-state index in [9.17, 15) is 14.4 Å². The van der Waals surface area contributed by atoms with Crippen LogP contribution in [0.15, 0.2) is 29.2 Å². The molecule has 0 atom stereocenters. The summed E-state index contributed by atoms with van der Waals surface area (Å²) in [4.78, 5) is 38.3. The van der Waals surface area contributed by atoms with Gasteiger partial charge in [0, 0.05) is 6.20 Å². The number of anilines is 1. The Hall–Kier alpha value is -3.03. The van der Waals surface area contributed by atoms with Crippen LogP contribution in [0.25, 0.3) is 0 Å². The van der Waals surface area contributed by atoms with Crippen LogP contribution >= 0.6 is 0 Å². The molecular weight excluding hydrogens is 266 g/mol. The summed E-state index contributed by atoms with van der Waals surface area (Å²) in [5, 5.41) is 11.4. The number of aromatic nitrogens is 2. The lowest BCUT2D eigenvalue weighted by Crippen LogP contribution is -2.15. The van der Waals surface area contributed by atoms with Crippen LogP contribution in [0.1, 0.15) is 20.8 Å². The van der Waals surface area contributed by atoms with Gasteiger partial charge in [-0.3, -0.25) is 4.79 Å². The second-order valence-electron chi connectivity index (χ2n) is 3.83. The third-order valence-electron chi connectivity index (χ3n) is 2.54. The van der Waals surface area contributed by atoms with Gasteiger partial charge in [-0.1, -0.05) is 0 Å². The Balaban J connectivity index is 2.31. The van der Waals surface area contributed by atoms with E-state index in [1.807, 2.05) is 0 Å². The zero-order valence-electron chi connectivity index (χ0n) is 10.4. The number of benzene rings is 1. The van der Waals surface area contributed by atoms with Crippen LogP contribution in [0.3, 0.4) is 0 Å². The molecule has 8 heteroatoms. The highest BCUT2D eigenvalue weighted by Crippen LogP contribution is 2.25. The van der Waals surface area contributed by atoms with Crippen LogP contribution in [0.2, 0.25) is 0 Å². The molecule has 0 spiro atoms. The fourth-order valence-corrected chi connectivity index (χ4v) is 1.58. The van der Waals surface area contributed by atoms with Crippen molar-refractivity contribution < 1.29 is 19.4 Å². The number of amides is 1. The van der Waals surface area contributed by atoms with Gasteiger partial charge in [0.1, 0.15) is 11.4 Å². The molecular formula is C12H11N3O5. The van der Waals surface area contributed by atoms with Crippen molar-refractivity contribution in [3.63, 3.8) is 0 Å². The number of hydrogen-bond donors (Lipinski definition) is 4. The maximum atomic E-state index is 11.9. The fourth-order valence-electron chi connectivity index (χ4n) is 1.58. The van der Waals surface area contributed by atoms with Gasteiger partial charge in [0.05, 0.1) is 18.4 Å². The van der Waals surface area contributed by atoms with Crippen molar-refractivity contribution in [2.24, 2.45) is 0 Å². The van der Waals surface area contributed by atoms with Crippen LogP contribution in [-0.4, -0.2) is 34.1 Å². The number of H-pyrrole nitrogens is 2. The molecule has 0 radical (unpaired) electrons. The lowest BCUT2D eigenvalue weighted by atomic mass is 10.2. The molecule has 20 heavy (non-hydrogen) atoms. The fraction of sp³-hybridized carbons (Fsp3) is 0.0833. The largest absolute Gasteiger partial charge is 0.495 e. The average molecular weight is 277 g/mol. The Kier molecular flexibility index (Phi) is 3.56. The van der Waals surface area contributed by atoms with Crippen molar-refractivity contribution in [2.45, 2.75) is 0 Å². The highest BCUT2D eigenvalue weighted by Gasteiger charge is 2.14. The van der Waals surface area contributed by atoms with E-state index in [-0.39, 0.29) is 16.9 Å². The zero-order valence-corrected chi connectivity index (χ0v) is 10.4. The van der Waals surface area contributed by atoms with Gasteiger partial charge in [0.15, 0.2) is 0 Å². The minimum absolute atomic E-state index is 0.00339. The summed E-state index contributed by atoms with van der Waals surface area (Å²) in [5.74, 6) is -1.41. The third-order valence-corrected chi connectivity index (χ3v) is 2.54. The van der Waals surface area contributed by atoms with Gasteiger partial charge < -0.3 is 25.1 Å². The highest BCUT2D eigenvalue weighted by atomic mass is 16.5. The number of carboxylic acids is 1. The Bertz CT molecular complexity index is 716. The lowest BCUT2D eigenvalue weighted by molar-refractivity contribution is 0.0696. The first-order valence-corrected chi connectivity index (χ1v) is 5.51. The van der Waals surface area contributed by atoms with Gasteiger partial charge in [-0.05, 0) is 18.2 Å². The molecule has 1 aromatic heterocycles. The molecule has 1 amide bonds. The molecule has 0 saturated carbocycles. The van der Waals surface area contributed by atoms with E-state index in [4.69, 9.17) is 9.84 Å². The normalized spacial score (nSPS) is 10.1. The van der Waals surface area contributed by atoms with E-state index in [0.717, 1.165) is 0 Å². The second kappa shape index (κ2) is 5.31. The molecule has 0 bridgehead atoms. The number of carboxylic acid groups (broad SMARTS) is 1. The molecule has 0 aliphatic rings. The number of methoxy groups -OCH3 is 1. The summed E-state index contributed by atoms with van der Waals surface area (Å²) in [6.45, 7) is 0. The van der Waals surface area contributed by atoms with Gasteiger partial charge in [0.2, 0.25) is 0 Å². The van der Waals surface area contributed by atoms with Crippen LogP contribution in [0.4, 0.5) is 5.69 Å². The van der Waals surface area contributed by atoms with Gasteiger partial charge >= 0.3 is 11.7 Å². The van der Waals surface area contributed by atoms with E-state index in [2.05, 4.69) is 15.3 Å². The van der Waals surface area contributed by atoms with E-state index in [1.165, 1.54) is 31.5 Å². The molecule has 4 N–H and O–H groups in total. The summed E-state index contributed by atoms with van der Waals surface area (Å²) in [5.41, 5.74) is -0.290. The summed E-state index contributed by atoms with van der Waals surface area (Å²) in [6, 6.07) is 4.05. The summed E-state index contributed by atoms with van der Waals surface area (Å²) < 4.78 is 5.03. The number of aromatic amines is 2. The van der Waals surface area contributed by atoms with E-state index in [1.54, 1.807) is 0 Å². The van der Waals surface area contributed by atoms with Crippen LogP contribution in [-0.2, 0) is 0 Å². The number of rotatable bonds is 4. The van der Waals surface area contributed by atoms with Crippen molar-refractivity contribution >= 4 is 17.6 Å². The predicted molar refractivity (Wildman–Crippen MR) is 69.3 cm³/mol. The van der Waals surface area contributed by atoms with Gasteiger partial charge in [-0.2, -0.15) is 0 Å². The van der Waals surface area contributed by atoms with Crippen LogP contribution in [0.5, 0.6) is 5.75 Å². The number of nitrogens with one attached hydrogen (secondary N) is 3. The van der Waals surface area contributed by atoms with Gasteiger partial charge in [-0.15, -0.1) is 0 Å². The van der Waals surface area contributed by atoms with Crippen molar-refractivity contribution in [3.8, 4) is 5.75 Å². The average Bonchev–Trinajstić information content (AvgIpc) is 2.85. The number of aromatic carboxylic acids is 1. The SMILES string of the molecule is COc1ccc(C(=O)O)cc1NC(=O)c1c[nH]c(=O)[nH]1. The monoisotopic (exact) mass is 277 g/mol. The molecule has 0 saturated heterocycles. The molecule has 104 valence electrons. The molecule has 0 fully saturated rings. The van der Waals surface area contributed by atoms with Gasteiger partial charge in [-0.25, -0.2) is 9.59 Å². The van der Waals surface area contributed by atoms with E-state index in [0.29, 0.717) is 5.75 Å². The van der Waals surface area contributed by atoms with Gasteiger partial charge in [0.25, 0.3) is 5.91 Å². The molecule has 2 rings (SSSR count). The third kappa shape index (κ3) is 2.69.